The lowest BCUT2D eigenvalue weighted by Gasteiger charge is -2.36. The summed E-state index contributed by atoms with van der Waals surface area (Å²) in [5, 5.41) is 18.0. The number of fused-ring (bicyclic) bond motifs is 2. The Morgan fingerprint density at radius 3 is 1.79 bits per heavy atom. The van der Waals surface area contributed by atoms with Gasteiger partial charge in [0.15, 0.2) is 0 Å². The van der Waals surface area contributed by atoms with Gasteiger partial charge in [-0.25, -0.2) is 0 Å². The van der Waals surface area contributed by atoms with Crippen LogP contribution in [0.4, 0.5) is 0 Å². The van der Waals surface area contributed by atoms with Crippen LogP contribution in [0.25, 0.3) is 0 Å². The summed E-state index contributed by atoms with van der Waals surface area (Å²) in [5.74, 6) is -1.51. The summed E-state index contributed by atoms with van der Waals surface area (Å²) >= 11 is 0. The van der Waals surface area contributed by atoms with Crippen molar-refractivity contribution in [2.45, 2.75) is 147 Å². The van der Waals surface area contributed by atoms with Gasteiger partial charge in [0.05, 0.1) is 6.61 Å². The fourth-order valence-electron chi connectivity index (χ4n) is 6.00. The van der Waals surface area contributed by atoms with E-state index in [4.69, 9.17) is 9.84 Å². The normalized spacial score (nSPS) is 21.2. The van der Waals surface area contributed by atoms with Crippen LogP contribution in [-0.2, 0) is 14.3 Å². The van der Waals surface area contributed by atoms with Crippen LogP contribution >= 0.6 is 0 Å². The summed E-state index contributed by atoms with van der Waals surface area (Å²) in [6.07, 6.45) is 21.5. The molecule has 2 bridgehead atoms. The minimum atomic E-state index is -0.655. The van der Waals surface area contributed by atoms with Crippen LogP contribution in [0.5, 0.6) is 0 Å². The zero-order valence-corrected chi connectivity index (χ0v) is 24.7. The van der Waals surface area contributed by atoms with E-state index in [1.54, 1.807) is 0 Å². The molecular formula is C33H55NO5. The van der Waals surface area contributed by atoms with E-state index in [9.17, 15) is 14.7 Å². The van der Waals surface area contributed by atoms with Crippen LogP contribution in [0.1, 0.15) is 134 Å². The molecule has 6 heteroatoms. The Balaban J connectivity index is 0.000000278. The van der Waals surface area contributed by atoms with Gasteiger partial charge in [-0.15, -0.1) is 0 Å². The van der Waals surface area contributed by atoms with Gasteiger partial charge in [0.1, 0.15) is 12.0 Å². The van der Waals surface area contributed by atoms with Crippen molar-refractivity contribution in [2.75, 3.05) is 13.7 Å². The van der Waals surface area contributed by atoms with Gasteiger partial charge in [0.2, 0.25) is 0 Å². The lowest BCUT2D eigenvalue weighted by atomic mass is 9.98. The molecule has 0 aromatic heterocycles. The number of unbranched alkanes of at least 4 members (excludes halogenated alkanes) is 12. The van der Waals surface area contributed by atoms with Crippen molar-refractivity contribution < 1.29 is 24.5 Å². The summed E-state index contributed by atoms with van der Waals surface area (Å²) in [6.45, 7) is 2.05. The number of rotatable bonds is 18. The number of carbonyl (C=O) groups excluding carboxylic acids is 1. The maximum Gasteiger partial charge on any atom is 0.316 e. The van der Waals surface area contributed by atoms with Gasteiger partial charge >= 0.3 is 11.9 Å². The number of hydrogen-bond acceptors (Lipinski definition) is 5. The quantitative estimate of drug-likeness (QED) is 0.147. The van der Waals surface area contributed by atoms with E-state index in [2.05, 4.69) is 18.9 Å². The zero-order valence-electron chi connectivity index (χ0n) is 24.7. The average Bonchev–Trinajstić information content (AvgIpc) is 3.12. The maximum absolute atomic E-state index is 12.4. The molecule has 0 spiro atoms. The number of aliphatic hydroxyl groups is 1. The number of aliphatic carboxylic acids is 1. The third-order valence-corrected chi connectivity index (χ3v) is 8.50. The van der Waals surface area contributed by atoms with Crippen molar-refractivity contribution in [1.82, 2.24) is 4.90 Å². The van der Waals surface area contributed by atoms with Crippen LogP contribution in [0.3, 0.4) is 0 Å². The predicted octanol–water partition coefficient (Wildman–Crippen LogP) is 7.48. The molecule has 2 aliphatic rings. The summed E-state index contributed by atoms with van der Waals surface area (Å²) in [6, 6.07) is 10.5. The summed E-state index contributed by atoms with van der Waals surface area (Å²) in [5.41, 5.74) is 0.820. The minimum Gasteiger partial charge on any atom is -0.481 e. The molecule has 2 N–H and O–H groups in total. The number of benzene rings is 1. The first-order valence-corrected chi connectivity index (χ1v) is 15.8. The Morgan fingerprint density at radius 1 is 0.846 bits per heavy atom. The number of esters is 1. The first kappa shape index (κ1) is 33.3. The molecule has 2 saturated heterocycles. The van der Waals surface area contributed by atoms with E-state index in [0.717, 1.165) is 31.2 Å². The standard InChI is InChI=1S/C17H23NO3.C16H32O2/c1-18-13-7-8-14(18)10-15(9-13)21-17(20)16(11-19)12-5-3-2-4-6-12;1-2-3-4-5-6-7-8-9-10-11-12-13-14-15-16(17)18/h2-6,13-16,19H,7-11H2,1H3;2-15H2,1H3,(H,17,18). The topological polar surface area (TPSA) is 87.1 Å². The number of carbonyl (C=O) groups is 2. The van der Waals surface area contributed by atoms with E-state index in [-0.39, 0.29) is 18.7 Å². The summed E-state index contributed by atoms with van der Waals surface area (Å²) in [7, 11) is 2.17. The fourth-order valence-corrected chi connectivity index (χ4v) is 6.00. The SMILES string of the molecule is CCCCCCCCCCCCCCCC(=O)O.CN1C2CCC1CC(OC(=O)C(CO)c1ccccc1)C2. The number of aliphatic hydroxyl groups excluding tert-OH is 1. The highest BCUT2D eigenvalue weighted by atomic mass is 16.5. The highest BCUT2D eigenvalue weighted by molar-refractivity contribution is 5.78. The van der Waals surface area contributed by atoms with Crippen LogP contribution < -0.4 is 0 Å². The third-order valence-electron chi connectivity index (χ3n) is 8.50. The van der Waals surface area contributed by atoms with Crippen molar-refractivity contribution in [3.05, 3.63) is 35.9 Å². The molecule has 39 heavy (non-hydrogen) atoms. The smallest absolute Gasteiger partial charge is 0.316 e. The van der Waals surface area contributed by atoms with Crippen LogP contribution in [0.2, 0.25) is 0 Å². The average molecular weight is 546 g/mol. The molecule has 3 unspecified atom stereocenters. The molecule has 1 aromatic carbocycles. The number of ether oxygens (including phenoxy) is 1. The molecular weight excluding hydrogens is 490 g/mol. The van der Waals surface area contributed by atoms with Gasteiger partial charge in [-0.05, 0) is 44.7 Å². The van der Waals surface area contributed by atoms with Crippen molar-refractivity contribution in [1.29, 1.82) is 0 Å². The number of nitrogens with zero attached hydrogens (tertiary/aromatic N) is 1. The monoisotopic (exact) mass is 545 g/mol. The molecule has 0 saturated carbocycles. The van der Waals surface area contributed by atoms with E-state index in [1.807, 2.05) is 30.3 Å². The van der Waals surface area contributed by atoms with E-state index in [0.29, 0.717) is 18.5 Å². The molecule has 0 aliphatic carbocycles. The Hall–Kier alpha value is -1.92. The van der Waals surface area contributed by atoms with Crippen LogP contribution in [0, 0.1) is 0 Å². The maximum atomic E-state index is 12.4. The molecule has 6 nitrogen and oxygen atoms in total. The molecule has 2 fully saturated rings. The molecule has 0 radical (unpaired) electrons. The van der Waals surface area contributed by atoms with Gasteiger partial charge < -0.3 is 19.8 Å². The lowest BCUT2D eigenvalue weighted by Crippen LogP contribution is -2.43. The molecule has 3 rings (SSSR count). The summed E-state index contributed by atoms with van der Waals surface area (Å²) < 4.78 is 5.70. The minimum absolute atomic E-state index is 0.00367. The zero-order chi connectivity index (χ0) is 28.3. The first-order valence-electron chi connectivity index (χ1n) is 15.8. The van der Waals surface area contributed by atoms with Crippen molar-refractivity contribution in [2.24, 2.45) is 0 Å². The van der Waals surface area contributed by atoms with Gasteiger partial charge in [0.25, 0.3) is 0 Å². The largest absolute Gasteiger partial charge is 0.481 e. The Labute approximate surface area is 237 Å². The van der Waals surface area contributed by atoms with Crippen molar-refractivity contribution in [3.8, 4) is 0 Å². The van der Waals surface area contributed by atoms with E-state index < -0.39 is 11.9 Å². The second-order valence-corrected chi connectivity index (χ2v) is 11.6. The number of piperidine rings is 1. The highest BCUT2D eigenvalue weighted by Gasteiger charge is 2.40. The molecule has 3 atom stereocenters. The molecule has 1 aromatic rings. The second-order valence-electron chi connectivity index (χ2n) is 11.6. The van der Waals surface area contributed by atoms with Crippen molar-refractivity contribution >= 4 is 11.9 Å². The van der Waals surface area contributed by atoms with Crippen LogP contribution in [-0.4, -0.2) is 58.9 Å². The molecule has 2 aliphatic heterocycles. The Bertz CT molecular complexity index is 772. The van der Waals surface area contributed by atoms with Crippen molar-refractivity contribution in [3.63, 3.8) is 0 Å². The van der Waals surface area contributed by atoms with Gasteiger partial charge in [-0.1, -0.05) is 114 Å². The van der Waals surface area contributed by atoms with E-state index >= 15 is 0 Å². The van der Waals surface area contributed by atoms with Gasteiger partial charge in [0, 0.05) is 18.5 Å². The third kappa shape index (κ3) is 13.3. The highest BCUT2D eigenvalue weighted by Crippen LogP contribution is 2.36. The predicted molar refractivity (Wildman–Crippen MR) is 158 cm³/mol. The second kappa shape index (κ2) is 20.0. The Kier molecular flexibility index (Phi) is 17.1. The fraction of sp³-hybridized carbons (Fsp3) is 0.758. The summed E-state index contributed by atoms with van der Waals surface area (Å²) in [4.78, 5) is 25.1. The van der Waals surface area contributed by atoms with E-state index in [1.165, 1.54) is 83.5 Å². The number of carboxylic acid groups (broad SMARTS) is 1. The number of hydrogen-bond donors (Lipinski definition) is 2. The molecule has 222 valence electrons. The van der Waals surface area contributed by atoms with Gasteiger partial charge in [-0.3, -0.25) is 9.59 Å². The van der Waals surface area contributed by atoms with Crippen LogP contribution in [0.15, 0.2) is 30.3 Å². The van der Waals surface area contributed by atoms with Gasteiger partial charge in [-0.2, -0.15) is 0 Å². The first-order chi connectivity index (χ1) is 19.0. The number of carboxylic acids is 1. The lowest BCUT2D eigenvalue weighted by molar-refractivity contribution is -0.155. The molecule has 2 heterocycles. The molecule has 0 amide bonds. The Morgan fingerprint density at radius 2 is 1.33 bits per heavy atom.